The summed E-state index contributed by atoms with van der Waals surface area (Å²) in [5.74, 6) is 1.02. The van der Waals surface area contributed by atoms with Gasteiger partial charge in [-0.25, -0.2) is 0 Å². The van der Waals surface area contributed by atoms with E-state index in [0.717, 1.165) is 35.5 Å². The molecular formula is C17H15N5. The molecule has 0 atom stereocenters. The van der Waals surface area contributed by atoms with Crippen LogP contribution in [0.4, 0.5) is 0 Å². The molecule has 0 fully saturated rings. The van der Waals surface area contributed by atoms with E-state index in [1.165, 1.54) is 0 Å². The van der Waals surface area contributed by atoms with E-state index >= 15 is 0 Å². The second-order valence-electron chi connectivity index (χ2n) is 5.12. The molecule has 3 heterocycles. The van der Waals surface area contributed by atoms with Crippen molar-refractivity contribution in [1.82, 2.24) is 24.5 Å². The molecule has 4 rings (SSSR count). The Morgan fingerprint density at radius 2 is 1.82 bits per heavy atom. The van der Waals surface area contributed by atoms with Gasteiger partial charge in [-0.05, 0) is 36.4 Å². The zero-order valence-electron chi connectivity index (χ0n) is 12.0. The van der Waals surface area contributed by atoms with Crippen molar-refractivity contribution in [2.75, 3.05) is 0 Å². The first-order valence-corrected chi connectivity index (χ1v) is 7.28. The molecule has 0 saturated carbocycles. The van der Waals surface area contributed by atoms with E-state index in [4.69, 9.17) is 0 Å². The molecule has 0 bridgehead atoms. The number of aryl methyl sites for hydroxylation is 2. The van der Waals surface area contributed by atoms with Gasteiger partial charge >= 0.3 is 0 Å². The topological polar surface area (TPSA) is 48.5 Å². The molecule has 108 valence electrons. The maximum absolute atomic E-state index is 4.37. The number of hydrogen-bond acceptors (Lipinski definition) is 3. The molecule has 4 aromatic rings. The van der Waals surface area contributed by atoms with E-state index in [0.29, 0.717) is 0 Å². The average Bonchev–Trinajstić information content (AvgIpc) is 3.20. The van der Waals surface area contributed by atoms with E-state index in [1.54, 1.807) is 0 Å². The molecule has 5 heteroatoms. The van der Waals surface area contributed by atoms with Crippen molar-refractivity contribution in [1.29, 1.82) is 0 Å². The van der Waals surface area contributed by atoms with Crippen molar-refractivity contribution < 1.29 is 0 Å². The monoisotopic (exact) mass is 289 g/mol. The van der Waals surface area contributed by atoms with Crippen molar-refractivity contribution in [2.45, 2.75) is 13.0 Å². The van der Waals surface area contributed by atoms with Crippen molar-refractivity contribution in [2.24, 2.45) is 0 Å². The Hall–Kier alpha value is -2.95. The van der Waals surface area contributed by atoms with Gasteiger partial charge in [-0.3, -0.25) is 4.98 Å². The minimum Gasteiger partial charge on any atom is -0.333 e. The SMILES string of the molecule is c1ccc(CCn2cccc2-n2nnc3ccccc32)nc1. The van der Waals surface area contributed by atoms with Crippen molar-refractivity contribution >= 4 is 11.0 Å². The fraction of sp³-hybridized carbons (Fsp3) is 0.118. The van der Waals surface area contributed by atoms with E-state index in [2.05, 4.69) is 32.1 Å². The maximum Gasteiger partial charge on any atom is 0.136 e. The van der Waals surface area contributed by atoms with E-state index in [1.807, 2.05) is 59.4 Å². The summed E-state index contributed by atoms with van der Waals surface area (Å²) in [6.45, 7) is 0.855. The van der Waals surface area contributed by atoms with Gasteiger partial charge in [0.25, 0.3) is 0 Å². The molecule has 0 spiro atoms. The third-order valence-electron chi connectivity index (χ3n) is 3.71. The van der Waals surface area contributed by atoms with Gasteiger partial charge in [0.05, 0.1) is 5.52 Å². The minimum absolute atomic E-state index is 0.855. The molecular weight excluding hydrogens is 274 g/mol. The Morgan fingerprint density at radius 1 is 0.909 bits per heavy atom. The van der Waals surface area contributed by atoms with Crippen LogP contribution in [-0.2, 0) is 13.0 Å². The summed E-state index contributed by atoms with van der Waals surface area (Å²) >= 11 is 0. The fourth-order valence-electron chi connectivity index (χ4n) is 2.61. The predicted molar refractivity (Wildman–Crippen MR) is 84.8 cm³/mol. The molecule has 0 aliphatic heterocycles. The van der Waals surface area contributed by atoms with Gasteiger partial charge in [0, 0.05) is 31.1 Å². The summed E-state index contributed by atoms with van der Waals surface area (Å²) in [6.07, 6.45) is 4.78. The second kappa shape index (κ2) is 5.44. The smallest absolute Gasteiger partial charge is 0.136 e. The number of fused-ring (bicyclic) bond motifs is 1. The zero-order chi connectivity index (χ0) is 14.8. The van der Waals surface area contributed by atoms with Gasteiger partial charge < -0.3 is 4.57 Å². The Morgan fingerprint density at radius 3 is 2.73 bits per heavy atom. The maximum atomic E-state index is 4.37. The molecule has 0 radical (unpaired) electrons. The summed E-state index contributed by atoms with van der Waals surface area (Å²) in [6, 6.07) is 18.1. The van der Waals surface area contributed by atoms with Gasteiger partial charge in [-0.2, -0.15) is 4.68 Å². The lowest BCUT2D eigenvalue weighted by atomic mass is 10.3. The number of aromatic nitrogens is 5. The molecule has 22 heavy (non-hydrogen) atoms. The highest BCUT2D eigenvalue weighted by Crippen LogP contribution is 2.16. The van der Waals surface area contributed by atoms with Gasteiger partial charge in [0.1, 0.15) is 11.3 Å². The summed E-state index contributed by atoms with van der Waals surface area (Å²) in [5.41, 5.74) is 3.01. The van der Waals surface area contributed by atoms with Crippen LogP contribution in [0.25, 0.3) is 16.9 Å². The average molecular weight is 289 g/mol. The van der Waals surface area contributed by atoms with Crippen LogP contribution in [0.2, 0.25) is 0 Å². The standard InChI is InChI=1S/C17H15N5/c1-2-8-16-15(7-1)19-20-22(16)17-9-5-12-21(17)13-10-14-6-3-4-11-18-14/h1-9,11-12H,10,13H2. The van der Waals surface area contributed by atoms with Crippen LogP contribution in [0.3, 0.4) is 0 Å². The van der Waals surface area contributed by atoms with Gasteiger partial charge in [0.15, 0.2) is 0 Å². The number of pyridine rings is 1. The van der Waals surface area contributed by atoms with Crippen molar-refractivity contribution in [3.05, 3.63) is 72.7 Å². The zero-order valence-corrected chi connectivity index (χ0v) is 12.0. The first-order valence-electron chi connectivity index (χ1n) is 7.28. The lowest BCUT2D eigenvalue weighted by Gasteiger charge is -2.09. The highest BCUT2D eigenvalue weighted by Gasteiger charge is 2.09. The Balaban J connectivity index is 1.65. The van der Waals surface area contributed by atoms with Crippen molar-refractivity contribution in [3.63, 3.8) is 0 Å². The Kier molecular flexibility index (Phi) is 3.16. The minimum atomic E-state index is 0.855. The van der Waals surface area contributed by atoms with E-state index in [-0.39, 0.29) is 0 Å². The van der Waals surface area contributed by atoms with Crippen LogP contribution < -0.4 is 0 Å². The van der Waals surface area contributed by atoms with Crippen LogP contribution in [0.15, 0.2) is 67.0 Å². The quantitative estimate of drug-likeness (QED) is 0.580. The number of hydrogen-bond donors (Lipinski definition) is 0. The molecule has 5 nitrogen and oxygen atoms in total. The Labute approximate surface area is 127 Å². The van der Waals surface area contributed by atoms with E-state index < -0.39 is 0 Å². The number of nitrogens with zero attached hydrogens (tertiary/aromatic N) is 5. The third-order valence-corrected chi connectivity index (χ3v) is 3.71. The predicted octanol–water partition coefficient (Wildman–Crippen LogP) is 2.86. The lowest BCUT2D eigenvalue weighted by molar-refractivity contribution is 0.649. The number of benzene rings is 1. The summed E-state index contributed by atoms with van der Waals surface area (Å²) < 4.78 is 4.06. The molecule has 0 aliphatic rings. The van der Waals surface area contributed by atoms with Gasteiger partial charge in [-0.1, -0.05) is 23.4 Å². The first kappa shape index (κ1) is 12.8. The van der Waals surface area contributed by atoms with Crippen LogP contribution >= 0.6 is 0 Å². The fourth-order valence-corrected chi connectivity index (χ4v) is 2.61. The summed E-state index contributed by atoms with van der Waals surface area (Å²) in [4.78, 5) is 4.37. The highest BCUT2D eigenvalue weighted by molar-refractivity contribution is 5.75. The molecule has 0 N–H and O–H groups in total. The largest absolute Gasteiger partial charge is 0.333 e. The van der Waals surface area contributed by atoms with Gasteiger partial charge in [0.2, 0.25) is 0 Å². The van der Waals surface area contributed by atoms with Crippen LogP contribution in [0.5, 0.6) is 0 Å². The Bertz CT molecular complexity index is 891. The summed E-state index contributed by atoms with van der Waals surface area (Å²) in [7, 11) is 0. The lowest BCUT2D eigenvalue weighted by Crippen LogP contribution is -2.08. The number of para-hydroxylation sites is 1. The molecule has 0 aliphatic carbocycles. The molecule has 0 unspecified atom stereocenters. The molecule has 3 aromatic heterocycles. The summed E-state index contributed by atoms with van der Waals surface area (Å²) in [5, 5.41) is 8.50. The van der Waals surface area contributed by atoms with Crippen LogP contribution in [0, 0.1) is 0 Å². The van der Waals surface area contributed by atoms with Crippen LogP contribution in [0.1, 0.15) is 5.69 Å². The molecule has 0 saturated heterocycles. The third kappa shape index (κ3) is 2.26. The van der Waals surface area contributed by atoms with Crippen LogP contribution in [-0.4, -0.2) is 24.5 Å². The second-order valence-corrected chi connectivity index (χ2v) is 5.12. The highest BCUT2D eigenvalue weighted by atomic mass is 15.5. The first-order chi connectivity index (χ1) is 10.9. The normalized spacial score (nSPS) is 11.1. The van der Waals surface area contributed by atoms with Crippen molar-refractivity contribution in [3.8, 4) is 5.82 Å². The van der Waals surface area contributed by atoms with E-state index in [9.17, 15) is 0 Å². The molecule has 1 aromatic carbocycles. The van der Waals surface area contributed by atoms with Gasteiger partial charge in [-0.15, -0.1) is 5.10 Å². The molecule has 0 amide bonds. The number of rotatable bonds is 4.